The molecule has 1 aliphatic rings. The van der Waals surface area contributed by atoms with E-state index in [1.165, 1.54) is 32.1 Å². The smallest absolute Gasteiger partial charge is 0.504 e. The normalized spacial score (nSPS) is 16.1. The molecule has 144 valence electrons. The molecule has 1 fully saturated rings. The van der Waals surface area contributed by atoms with Crippen molar-refractivity contribution >= 4 is 18.7 Å². The first-order chi connectivity index (χ1) is 12.1. The van der Waals surface area contributed by atoms with Crippen LogP contribution < -0.4 is 4.65 Å². The molecular weight excluding hydrogens is 331 g/mol. The van der Waals surface area contributed by atoms with E-state index in [1.54, 1.807) is 27.7 Å². The average Bonchev–Trinajstić information content (AvgIpc) is 2.98. The van der Waals surface area contributed by atoms with Crippen molar-refractivity contribution in [1.82, 2.24) is 9.55 Å². The fourth-order valence-electron chi connectivity index (χ4n) is 2.83. The maximum absolute atomic E-state index is 9.10. The molecule has 1 aromatic carbocycles. The minimum Gasteiger partial charge on any atom is -0.539 e. The van der Waals surface area contributed by atoms with Crippen LogP contribution in [-0.2, 0) is 0 Å². The lowest BCUT2D eigenvalue weighted by molar-refractivity contribution is -0.107. The van der Waals surface area contributed by atoms with Crippen molar-refractivity contribution in [3.63, 3.8) is 0 Å². The fraction of sp³-hybridized carbons (Fsp3) is 0.632. The molecule has 0 amide bonds. The Balaban J connectivity index is 0.000000260. The Labute approximate surface area is 156 Å². The first kappa shape index (κ1) is 20.7. The topological polar surface area (TPSA) is 87.7 Å². The third-order valence-electron chi connectivity index (χ3n) is 5.24. The van der Waals surface area contributed by atoms with E-state index in [2.05, 4.69) is 9.55 Å². The second-order valence-electron chi connectivity index (χ2n) is 7.99. The summed E-state index contributed by atoms with van der Waals surface area (Å²) in [5.41, 5.74) is 0.0821. The molecule has 0 aliphatic heterocycles. The molecule has 0 spiro atoms. The van der Waals surface area contributed by atoms with E-state index in [0.717, 1.165) is 11.0 Å². The van der Waals surface area contributed by atoms with Crippen LogP contribution in [0.2, 0.25) is 0 Å². The van der Waals surface area contributed by atoms with Crippen molar-refractivity contribution < 1.29 is 19.9 Å². The van der Waals surface area contributed by atoms with E-state index in [-0.39, 0.29) is 7.69 Å². The van der Waals surface area contributed by atoms with Gasteiger partial charge in [-0.15, -0.1) is 0 Å². The molecule has 0 atom stereocenters. The van der Waals surface area contributed by atoms with E-state index in [4.69, 9.17) is 19.9 Å². The summed E-state index contributed by atoms with van der Waals surface area (Å²) in [6.07, 6.45) is 8.42. The zero-order chi connectivity index (χ0) is 19.4. The maximum atomic E-state index is 9.10. The first-order valence-corrected chi connectivity index (χ1v) is 9.28. The monoisotopic (exact) mass is 362 g/mol. The summed E-state index contributed by atoms with van der Waals surface area (Å²) < 4.78 is 7.36. The summed E-state index contributed by atoms with van der Waals surface area (Å²) >= 11 is 0. The van der Waals surface area contributed by atoms with Gasteiger partial charge in [0.25, 0.3) is 0 Å². The number of imidazole rings is 1. The molecule has 1 saturated carbocycles. The molecule has 26 heavy (non-hydrogen) atoms. The number of benzene rings is 1. The van der Waals surface area contributed by atoms with Gasteiger partial charge in [-0.1, -0.05) is 19.3 Å². The molecule has 2 aromatic rings. The highest BCUT2D eigenvalue weighted by atomic mass is 16.5. The third kappa shape index (κ3) is 5.22. The van der Waals surface area contributed by atoms with E-state index in [1.807, 2.05) is 24.5 Å². The van der Waals surface area contributed by atoms with Crippen molar-refractivity contribution in [2.75, 3.05) is 0 Å². The highest BCUT2D eigenvalue weighted by Crippen LogP contribution is 2.31. The van der Waals surface area contributed by atoms with Gasteiger partial charge < -0.3 is 24.5 Å². The van der Waals surface area contributed by atoms with E-state index in [0.29, 0.717) is 11.8 Å². The number of aliphatic hydroxyl groups is 2. The molecule has 1 aliphatic carbocycles. The quantitative estimate of drug-likeness (QED) is 0.728. The summed E-state index contributed by atoms with van der Waals surface area (Å²) in [5.74, 6) is 0.666. The standard InChI is InChI=1S/C13H17BN2O2.C6H14O2/c17-14-18-11-6-7-13-12(8-11)15-9-16(13)10-4-2-1-3-5-10;1-5(2,7)6(3,4)8/h6-10,14,17H,1-5H2;7-8H,1-4H3. The van der Waals surface area contributed by atoms with Crippen molar-refractivity contribution in [2.45, 2.75) is 77.0 Å². The number of hydrogen-bond donors (Lipinski definition) is 3. The van der Waals surface area contributed by atoms with Crippen LogP contribution in [-0.4, -0.2) is 43.7 Å². The Kier molecular flexibility index (Phi) is 6.72. The van der Waals surface area contributed by atoms with Crippen LogP contribution in [0.5, 0.6) is 5.75 Å². The van der Waals surface area contributed by atoms with Gasteiger partial charge in [-0.25, -0.2) is 4.98 Å². The van der Waals surface area contributed by atoms with Crippen molar-refractivity contribution in [2.24, 2.45) is 0 Å². The predicted molar refractivity (Wildman–Crippen MR) is 104 cm³/mol. The zero-order valence-electron chi connectivity index (χ0n) is 16.3. The number of aromatic nitrogens is 2. The molecule has 0 radical (unpaired) electrons. The van der Waals surface area contributed by atoms with Gasteiger partial charge in [0.15, 0.2) is 0 Å². The molecule has 6 nitrogen and oxygen atoms in total. The average molecular weight is 362 g/mol. The second-order valence-corrected chi connectivity index (χ2v) is 7.99. The SMILES string of the molecule is CC(C)(O)C(C)(C)O.OBOc1ccc2c(c1)ncn2C1CCCCC1. The minimum absolute atomic E-state index is 0.297. The molecule has 3 N–H and O–H groups in total. The van der Waals surface area contributed by atoms with Gasteiger partial charge in [0.05, 0.1) is 28.6 Å². The van der Waals surface area contributed by atoms with Gasteiger partial charge in [-0.05, 0) is 52.7 Å². The van der Waals surface area contributed by atoms with Gasteiger partial charge in [0.2, 0.25) is 0 Å². The van der Waals surface area contributed by atoms with Gasteiger partial charge in [0, 0.05) is 12.1 Å². The third-order valence-corrected chi connectivity index (χ3v) is 5.24. The number of hydrogen-bond acceptors (Lipinski definition) is 5. The largest absolute Gasteiger partial charge is 0.539 e. The molecule has 0 bridgehead atoms. The van der Waals surface area contributed by atoms with Crippen LogP contribution in [0.25, 0.3) is 11.0 Å². The molecule has 7 heteroatoms. The summed E-state index contributed by atoms with van der Waals surface area (Å²) in [5, 5.41) is 27.0. The molecule has 3 rings (SSSR count). The summed E-state index contributed by atoms with van der Waals surface area (Å²) in [6, 6.07) is 6.39. The van der Waals surface area contributed by atoms with E-state index < -0.39 is 11.2 Å². The van der Waals surface area contributed by atoms with Crippen molar-refractivity contribution in [3.8, 4) is 5.75 Å². The predicted octanol–water partition coefficient (Wildman–Crippen LogP) is 2.71. The lowest BCUT2D eigenvalue weighted by Crippen LogP contribution is -2.44. The second kappa shape index (κ2) is 8.42. The molecule has 1 aromatic heterocycles. The Bertz CT molecular complexity index is 686. The summed E-state index contributed by atoms with van der Waals surface area (Å²) in [6.45, 7) is 6.31. The summed E-state index contributed by atoms with van der Waals surface area (Å²) in [4.78, 5) is 4.44. The van der Waals surface area contributed by atoms with Gasteiger partial charge in [-0.2, -0.15) is 0 Å². The highest BCUT2D eigenvalue weighted by molar-refractivity contribution is 6.17. The van der Waals surface area contributed by atoms with Gasteiger partial charge >= 0.3 is 7.69 Å². The van der Waals surface area contributed by atoms with Crippen LogP contribution in [0.4, 0.5) is 0 Å². The number of nitrogens with zero attached hydrogens (tertiary/aromatic N) is 2. The number of fused-ring (bicyclic) bond motifs is 1. The van der Waals surface area contributed by atoms with Gasteiger partial charge in [0.1, 0.15) is 5.75 Å². The number of rotatable bonds is 4. The first-order valence-electron chi connectivity index (χ1n) is 9.28. The molecular formula is C19H31BN2O4. The van der Waals surface area contributed by atoms with E-state index >= 15 is 0 Å². The highest BCUT2D eigenvalue weighted by Gasteiger charge is 2.31. The van der Waals surface area contributed by atoms with Crippen LogP contribution in [0.1, 0.15) is 65.8 Å². The zero-order valence-corrected chi connectivity index (χ0v) is 16.3. The maximum Gasteiger partial charge on any atom is 0.504 e. The lowest BCUT2D eigenvalue weighted by Gasteiger charge is -2.31. The van der Waals surface area contributed by atoms with Crippen molar-refractivity contribution in [3.05, 3.63) is 24.5 Å². The van der Waals surface area contributed by atoms with Crippen LogP contribution >= 0.6 is 0 Å². The Morgan fingerprint density at radius 1 is 1.08 bits per heavy atom. The molecule has 0 unspecified atom stereocenters. The van der Waals surface area contributed by atoms with Crippen molar-refractivity contribution in [1.29, 1.82) is 0 Å². The van der Waals surface area contributed by atoms with Gasteiger partial charge in [-0.3, -0.25) is 0 Å². The summed E-state index contributed by atoms with van der Waals surface area (Å²) in [7, 11) is -0.297. The fourth-order valence-corrected chi connectivity index (χ4v) is 2.83. The molecule has 0 saturated heterocycles. The van der Waals surface area contributed by atoms with E-state index in [9.17, 15) is 0 Å². The lowest BCUT2D eigenvalue weighted by atomic mass is 9.90. The van der Waals surface area contributed by atoms with Crippen LogP contribution in [0.15, 0.2) is 24.5 Å². The van der Waals surface area contributed by atoms with Crippen LogP contribution in [0.3, 0.4) is 0 Å². The van der Waals surface area contributed by atoms with Crippen LogP contribution in [0, 0.1) is 0 Å². The molecule has 1 heterocycles. The Morgan fingerprint density at radius 3 is 2.23 bits per heavy atom. The minimum atomic E-state index is -1.01. The Morgan fingerprint density at radius 2 is 1.69 bits per heavy atom. The Hall–Kier alpha value is -1.57.